The Hall–Kier alpha value is -0.590. The van der Waals surface area contributed by atoms with Gasteiger partial charge in [0.1, 0.15) is 5.15 Å². The summed E-state index contributed by atoms with van der Waals surface area (Å²) < 4.78 is 28.1. The van der Waals surface area contributed by atoms with Crippen molar-refractivity contribution in [1.82, 2.24) is 13.9 Å². The molecule has 19 heavy (non-hydrogen) atoms. The third-order valence-electron chi connectivity index (χ3n) is 3.80. The molecule has 0 aromatic carbocycles. The third kappa shape index (κ3) is 2.95. The van der Waals surface area contributed by atoms with E-state index in [0.717, 1.165) is 25.7 Å². The molecule has 7 heteroatoms. The van der Waals surface area contributed by atoms with E-state index in [2.05, 4.69) is 11.9 Å². The van der Waals surface area contributed by atoms with E-state index >= 15 is 0 Å². The van der Waals surface area contributed by atoms with E-state index in [1.54, 1.807) is 7.05 Å². The Bertz CT molecular complexity index is 541. The molecule has 0 saturated carbocycles. The van der Waals surface area contributed by atoms with Crippen LogP contribution in [0, 0.1) is 5.92 Å². The van der Waals surface area contributed by atoms with Crippen LogP contribution in [-0.4, -0.2) is 35.4 Å². The number of sulfonamides is 1. The minimum atomic E-state index is -3.56. The number of rotatable bonds is 3. The highest BCUT2D eigenvalue weighted by atomic mass is 35.5. The van der Waals surface area contributed by atoms with Gasteiger partial charge in [-0.25, -0.2) is 13.4 Å². The van der Waals surface area contributed by atoms with Gasteiger partial charge in [0.25, 0.3) is 10.0 Å². The minimum absolute atomic E-state index is 0.0217. The van der Waals surface area contributed by atoms with E-state index in [4.69, 9.17) is 11.6 Å². The molecular weight excluding hydrogens is 286 g/mol. The fraction of sp³-hybridized carbons (Fsp3) is 0.750. The van der Waals surface area contributed by atoms with E-state index in [9.17, 15) is 8.42 Å². The second-order valence-corrected chi connectivity index (χ2v) is 7.27. The van der Waals surface area contributed by atoms with Crippen molar-refractivity contribution in [3.8, 4) is 0 Å². The maximum absolute atomic E-state index is 12.5. The van der Waals surface area contributed by atoms with Crippen molar-refractivity contribution in [2.24, 2.45) is 13.0 Å². The Morgan fingerprint density at radius 1 is 1.42 bits per heavy atom. The lowest BCUT2D eigenvalue weighted by Crippen LogP contribution is -2.32. The van der Waals surface area contributed by atoms with Gasteiger partial charge in [0.05, 0.1) is 6.33 Å². The number of hydrogen-bond acceptors (Lipinski definition) is 3. The first kappa shape index (κ1) is 14.8. The predicted octanol–water partition coefficient (Wildman–Crippen LogP) is 2.27. The topological polar surface area (TPSA) is 55.2 Å². The van der Waals surface area contributed by atoms with Crippen molar-refractivity contribution in [3.63, 3.8) is 0 Å². The zero-order chi connectivity index (χ0) is 14.0. The highest BCUT2D eigenvalue weighted by Gasteiger charge is 2.31. The van der Waals surface area contributed by atoms with Gasteiger partial charge in [0.15, 0.2) is 0 Å². The molecule has 0 bridgehead atoms. The fourth-order valence-corrected chi connectivity index (χ4v) is 4.36. The molecule has 1 aliphatic rings. The zero-order valence-corrected chi connectivity index (χ0v) is 12.9. The lowest BCUT2D eigenvalue weighted by molar-refractivity contribution is 0.406. The van der Waals surface area contributed by atoms with Crippen molar-refractivity contribution in [1.29, 1.82) is 0 Å². The summed E-state index contributed by atoms with van der Waals surface area (Å²) >= 11 is 6.00. The highest BCUT2D eigenvalue weighted by Crippen LogP contribution is 2.27. The van der Waals surface area contributed by atoms with Crippen LogP contribution >= 0.6 is 11.6 Å². The fourth-order valence-electron chi connectivity index (χ4n) is 2.48. The molecule has 1 aliphatic heterocycles. The average Bonchev–Trinajstić information content (AvgIpc) is 2.61. The molecule has 0 amide bonds. The Morgan fingerprint density at radius 2 is 2.16 bits per heavy atom. The number of aryl methyl sites for hydroxylation is 1. The van der Waals surface area contributed by atoms with Gasteiger partial charge in [0, 0.05) is 20.1 Å². The smallest absolute Gasteiger partial charge is 0.263 e. The first-order valence-electron chi connectivity index (χ1n) is 6.63. The Labute approximate surface area is 119 Å². The van der Waals surface area contributed by atoms with Crippen LogP contribution in [0.2, 0.25) is 5.15 Å². The van der Waals surface area contributed by atoms with E-state index in [1.807, 2.05) is 0 Å². The Kier molecular flexibility index (Phi) is 4.53. The molecule has 1 unspecified atom stereocenters. The van der Waals surface area contributed by atoms with Crippen molar-refractivity contribution in [3.05, 3.63) is 11.5 Å². The van der Waals surface area contributed by atoms with E-state index < -0.39 is 10.0 Å². The lowest BCUT2D eigenvalue weighted by atomic mass is 9.98. The summed E-state index contributed by atoms with van der Waals surface area (Å²) in [6.45, 7) is 3.28. The summed E-state index contributed by atoms with van der Waals surface area (Å²) in [7, 11) is -1.87. The summed E-state index contributed by atoms with van der Waals surface area (Å²) in [5, 5.41) is 0.155. The van der Waals surface area contributed by atoms with Crippen LogP contribution in [0.25, 0.3) is 0 Å². The maximum atomic E-state index is 12.5. The van der Waals surface area contributed by atoms with Crippen LogP contribution in [0.15, 0.2) is 11.4 Å². The second kappa shape index (κ2) is 5.81. The first-order chi connectivity index (χ1) is 8.96. The van der Waals surface area contributed by atoms with Crippen molar-refractivity contribution >= 4 is 21.6 Å². The van der Waals surface area contributed by atoms with Gasteiger partial charge in [-0.2, -0.15) is 4.31 Å². The molecule has 0 aliphatic carbocycles. The number of aromatic nitrogens is 2. The molecule has 0 spiro atoms. The third-order valence-corrected chi connectivity index (χ3v) is 6.19. The molecular formula is C12H20ClN3O2S. The molecule has 0 N–H and O–H groups in total. The average molecular weight is 306 g/mol. The molecule has 1 atom stereocenters. The number of halogens is 1. The SMILES string of the molecule is CCC1CCCN(S(=O)(=O)c2ncn(C)c2Cl)CC1. The van der Waals surface area contributed by atoms with E-state index in [-0.39, 0.29) is 10.2 Å². The van der Waals surface area contributed by atoms with Gasteiger partial charge >= 0.3 is 0 Å². The largest absolute Gasteiger partial charge is 0.324 e. The molecule has 2 rings (SSSR count). The maximum Gasteiger partial charge on any atom is 0.263 e. The van der Waals surface area contributed by atoms with Crippen LogP contribution in [0.3, 0.4) is 0 Å². The van der Waals surface area contributed by atoms with Gasteiger partial charge in [-0.15, -0.1) is 0 Å². The molecule has 1 fully saturated rings. The number of hydrogen-bond donors (Lipinski definition) is 0. The van der Waals surface area contributed by atoms with Gasteiger partial charge in [0.2, 0.25) is 5.03 Å². The second-order valence-electron chi connectivity index (χ2n) is 5.06. The molecule has 1 aromatic heterocycles. The van der Waals surface area contributed by atoms with Crippen LogP contribution in [0.1, 0.15) is 32.6 Å². The summed E-state index contributed by atoms with van der Waals surface area (Å²) in [6, 6.07) is 0. The Balaban J connectivity index is 2.23. The normalized spacial score (nSPS) is 22.4. The van der Waals surface area contributed by atoms with Crippen LogP contribution in [0.5, 0.6) is 0 Å². The van der Waals surface area contributed by atoms with Crippen molar-refractivity contribution in [2.45, 2.75) is 37.6 Å². The lowest BCUT2D eigenvalue weighted by Gasteiger charge is -2.19. The van der Waals surface area contributed by atoms with Crippen LogP contribution in [-0.2, 0) is 17.1 Å². The molecule has 5 nitrogen and oxygen atoms in total. The zero-order valence-electron chi connectivity index (χ0n) is 11.3. The van der Waals surface area contributed by atoms with Gasteiger partial charge in [-0.3, -0.25) is 0 Å². The van der Waals surface area contributed by atoms with E-state index in [1.165, 1.54) is 15.2 Å². The summed E-state index contributed by atoms with van der Waals surface area (Å²) in [6.07, 6.45) is 5.46. The molecule has 2 heterocycles. The quantitative estimate of drug-likeness (QED) is 0.861. The highest BCUT2D eigenvalue weighted by molar-refractivity contribution is 7.89. The molecule has 108 valence electrons. The summed E-state index contributed by atoms with van der Waals surface area (Å²) in [5.41, 5.74) is 0. The van der Waals surface area contributed by atoms with Crippen molar-refractivity contribution in [2.75, 3.05) is 13.1 Å². The number of imidazole rings is 1. The number of nitrogens with zero attached hydrogens (tertiary/aromatic N) is 3. The molecule has 1 saturated heterocycles. The van der Waals surface area contributed by atoms with Crippen LogP contribution in [0.4, 0.5) is 0 Å². The monoisotopic (exact) mass is 305 g/mol. The standard InChI is InChI=1S/C12H20ClN3O2S/c1-3-10-5-4-7-16(8-6-10)19(17,18)12-11(13)15(2)9-14-12/h9-10H,3-8H2,1-2H3. The van der Waals surface area contributed by atoms with Gasteiger partial charge < -0.3 is 4.57 Å². The summed E-state index contributed by atoms with van der Waals surface area (Å²) in [5.74, 6) is 0.624. The molecule has 0 radical (unpaired) electrons. The Morgan fingerprint density at radius 3 is 2.74 bits per heavy atom. The van der Waals surface area contributed by atoms with Gasteiger partial charge in [-0.1, -0.05) is 24.9 Å². The minimum Gasteiger partial charge on any atom is -0.324 e. The van der Waals surface area contributed by atoms with Crippen molar-refractivity contribution < 1.29 is 8.42 Å². The first-order valence-corrected chi connectivity index (χ1v) is 8.45. The van der Waals surface area contributed by atoms with Gasteiger partial charge in [-0.05, 0) is 25.2 Å². The predicted molar refractivity (Wildman–Crippen MR) is 74.6 cm³/mol. The summed E-state index contributed by atoms with van der Waals surface area (Å²) in [4.78, 5) is 3.93. The van der Waals surface area contributed by atoms with Crippen LogP contribution < -0.4 is 0 Å². The molecule has 1 aromatic rings. The van der Waals surface area contributed by atoms with E-state index in [0.29, 0.717) is 19.0 Å².